The summed E-state index contributed by atoms with van der Waals surface area (Å²) >= 11 is 0. The van der Waals surface area contributed by atoms with Gasteiger partial charge in [0.2, 0.25) is 11.8 Å². The van der Waals surface area contributed by atoms with E-state index in [1.165, 1.54) is 28.0 Å². The Morgan fingerprint density at radius 2 is 1.36 bits per heavy atom. The summed E-state index contributed by atoms with van der Waals surface area (Å²) in [5.74, 6) is -0.998. The van der Waals surface area contributed by atoms with Crippen molar-refractivity contribution in [3.8, 4) is 5.75 Å². The van der Waals surface area contributed by atoms with Crippen molar-refractivity contribution >= 4 is 43.7 Å². The fraction of sp³-hybridized carbons (Fsp3) is 0.680. The van der Waals surface area contributed by atoms with Gasteiger partial charge in [-0.2, -0.15) is 0 Å². The molecule has 0 spiro atoms. The van der Waals surface area contributed by atoms with Crippen LogP contribution in [0.5, 0.6) is 5.75 Å². The standard InChI is InChI=1S/C28H48FN3O6Si.C22H33N3O6/c1-19(2)31(25(33)16-21-15-22(32(35)36)13-14-23(21)29)17-20(3)24(38-39(11,12)28(7,8)9)18-30(10)26(34)37-27(4,5)6;1-14(2)24-12-15(3)19(13-23(7)21(27)31-22(4,5)6)30-18-9-8-17(25(28)29)10-16(18)11-20(24)26/h13-15,19-20,24H,16-18H2,1-12H3;8-10,14-15,19H,11-13H2,1-7H3/t20-,24+;15-,19+/m11/s1. The van der Waals surface area contributed by atoms with Crippen LogP contribution in [0.2, 0.25) is 18.1 Å². The molecule has 18 nitrogen and oxygen atoms in total. The van der Waals surface area contributed by atoms with Crippen LogP contribution in [-0.4, -0.2) is 138 Å². The molecule has 2 aromatic rings. The third-order valence-corrected chi connectivity index (χ3v) is 16.7. The quantitative estimate of drug-likeness (QED) is 0.0929. The Labute approximate surface area is 415 Å². The molecule has 70 heavy (non-hydrogen) atoms. The van der Waals surface area contributed by atoms with Crippen LogP contribution in [0.15, 0.2) is 36.4 Å². The summed E-state index contributed by atoms with van der Waals surface area (Å²) in [6.07, 6.45) is -2.06. The molecule has 1 aliphatic heterocycles. The first-order chi connectivity index (χ1) is 31.8. The Morgan fingerprint density at radius 1 is 0.843 bits per heavy atom. The monoisotopic (exact) mass is 1000 g/mol. The van der Waals surface area contributed by atoms with Crippen molar-refractivity contribution in [3.05, 3.63) is 73.6 Å². The molecule has 0 fully saturated rings. The minimum atomic E-state index is -2.27. The SMILES string of the molecule is CC(C)N(C[C@@H](C)[C@H](CN(C)C(=O)OC(C)(C)C)O[Si](C)(C)C(C)(C)C)C(=O)Cc1cc([N+](=O)[O-])ccc1F.CC(C)N1C[C@@H](C)[C@H](CN(C)C(=O)OC(C)(C)C)Oc2ccc([N+](=O)[O-])cc2CC1=O. The number of benzene rings is 2. The number of amides is 4. The first-order valence-electron chi connectivity index (χ1n) is 23.9. The number of rotatable bonds is 15. The van der Waals surface area contributed by atoms with Crippen molar-refractivity contribution in [1.29, 1.82) is 0 Å². The van der Waals surface area contributed by atoms with Gasteiger partial charge in [-0.25, -0.2) is 14.0 Å². The van der Waals surface area contributed by atoms with E-state index in [1.54, 1.807) is 65.4 Å². The molecule has 0 aliphatic carbocycles. The fourth-order valence-corrected chi connectivity index (χ4v) is 8.50. The van der Waals surface area contributed by atoms with Gasteiger partial charge in [0.15, 0.2) is 8.32 Å². The van der Waals surface area contributed by atoms with E-state index in [0.29, 0.717) is 24.4 Å². The van der Waals surface area contributed by atoms with Crippen molar-refractivity contribution in [1.82, 2.24) is 19.6 Å². The number of nitrogens with zero attached hydrogens (tertiary/aromatic N) is 6. The van der Waals surface area contributed by atoms with Crippen LogP contribution in [0, 0.1) is 37.9 Å². The van der Waals surface area contributed by atoms with E-state index in [4.69, 9.17) is 18.6 Å². The highest BCUT2D eigenvalue weighted by molar-refractivity contribution is 6.74. The molecular weight excluding hydrogens is 924 g/mol. The van der Waals surface area contributed by atoms with Crippen molar-refractivity contribution in [3.63, 3.8) is 0 Å². The van der Waals surface area contributed by atoms with E-state index in [0.717, 1.165) is 18.2 Å². The lowest BCUT2D eigenvalue weighted by molar-refractivity contribution is -0.385. The van der Waals surface area contributed by atoms with Crippen LogP contribution >= 0.6 is 0 Å². The molecule has 0 saturated heterocycles. The summed E-state index contributed by atoms with van der Waals surface area (Å²) < 4.78 is 38.4. The molecule has 0 aromatic heterocycles. The zero-order valence-corrected chi connectivity index (χ0v) is 46.1. The largest absolute Gasteiger partial charge is 0.488 e. The van der Waals surface area contributed by atoms with Crippen LogP contribution in [0.25, 0.3) is 0 Å². The normalized spacial score (nSPS) is 16.5. The predicted molar refractivity (Wildman–Crippen MR) is 270 cm³/mol. The van der Waals surface area contributed by atoms with Crippen molar-refractivity contribution in [2.45, 2.75) is 170 Å². The number of halogens is 1. The van der Waals surface area contributed by atoms with E-state index in [9.17, 15) is 43.8 Å². The van der Waals surface area contributed by atoms with Gasteiger partial charge < -0.3 is 38.2 Å². The molecule has 2 aromatic carbocycles. The van der Waals surface area contributed by atoms with Crippen molar-refractivity contribution in [2.24, 2.45) is 11.8 Å². The van der Waals surface area contributed by atoms with Gasteiger partial charge in [0, 0.05) is 93.0 Å². The smallest absolute Gasteiger partial charge is 0.410 e. The highest BCUT2D eigenvalue weighted by Crippen LogP contribution is 2.38. The number of carbonyl (C=O) groups is 4. The average Bonchev–Trinajstić information content (AvgIpc) is 3.24. The number of non-ortho nitro benzene ring substituents is 2. The molecule has 0 saturated carbocycles. The molecule has 0 bridgehead atoms. The summed E-state index contributed by atoms with van der Waals surface area (Å²) in [6, 6.07) is 7.22. The second kappa shape index (κ2) is 24.6. The Hall–Kier alpha value is -5.37. The average molecular weight is 1010 g/mol. The summed E-state index contributed by atoms with van der Waals surface area (Å²) in [5, 5.41) is 22.3. The Kier molecular flexibility index (Phi) is 21.4. The summed E-state index contributed by atoms with van der Waals surface area (Å²) in [5.41, 5.74) is -1.19. The zero-order chi connectivity index (χ0) is 54.0. The molecular formula is C50H81FN6O12Si. The number of nitro groups is 2. The van der Waals surface area contributed by atoms with Gasteiger partial charge >= 0.3 is 12.2 Å². The van der Waals surface area contributed by atoms with Gasteiger partial charge in [0.1, 0.15) is 28.9 Å². The van der Waals surface area contributed by atoms with Crippen molar-refractivity contribution < 1.29 is 52.1 Å². The second-order valence-corrected chi connectivity index (χ2v) is 27.2. The van der Waals surface area contributed by atoms with Crippen LogP contribution in [0.1, 0.15) is 115 Å². The highest BCUT2D eigenvalue weighted by atomic mass is 28.4. The number of carbonyl (C=O) groups excluding carboxylic acids is 4. The maximum Gasteiger partial charge on any atom is 0.410 e. The molecule has 394 valence electrons. The third kappa shape index (κ3) is 18.8. The molecule has 4 atom stereocenters. The van der Waals surface area contributed by atoms with E-state index in [2.05, 4.69) is 33.9 Å². The van der Waals surface area contributed by atoms with Crippen LogP contribution in [-0.2, 0) is 36.3 Å². The molecule has 3 rings (SSSR count). The maximum absolute atomic E-state index is 14.4. The second-order valence-electron chi connectivity index (χ2n) is 22.5. The Morgan fingerprint density at radius 3 is 1.84 bits per heavy atom. The third-order valence-electron chi connectivity index (χ3n) is 12.2. The van der Waals surface area contributed by atoms with Gasteiger partial charge in [-0.05, 0) is 99.5 Å². The van der Waals surface area contributed by atoms with Gasteiger partial charge in [-0.15, -0.1) is 0 Å². The number of hydrogen-bond donors (Lipinski definition) is 0. The maximum atomic E-state index is 14.4. The molecule has 0 radical (unpaired) electrons. The lowest BCUT2D eigenvalue weighted by Gasteiger charge is -2.43. The predicted octanol–water partition coefficient (Wildman–Crippen LogP) is 10.0. The number of likely N-dealkylation sites (N-methyl/N-ethyl adjacent to an activating group) is 2. The first-order valence-corrected chi connectivity index (χ1v) is 26.8. The highest BCUT2D eigenvalue weighted by Gasteiger charge is 2.42. The van der Waals surface area contributed by atoms with Crippen LogP contribution in [0.3, 0.4) is 0 Å². The lowest BCUT2D eigenvalue weighted by Crippen LogP contribution is -2.52. The van der Waals surface area contributed by atoms with Crippen LogP contribution < -0.4 is 4.74 Å². The summed E-state index contributed by atoms with van der Waals surface area (Å²) in [7, 11) is 1.04. The minimum absolute atomic E-state index is 0.0105. The van der Waals surface area contributed by atoms with Gasteiger partial charge in [0.05, 0.1) is 35.3 Å². The van der Waals surface area contributed by atoms with Gasteiger partial charge in [-0.1, -0.05) is 34.6 Å². The van der Waals surface area contributed by atoms with E-state index in [-0.39, 0.29) is 83.6 Å². The minimum Gasteiger partial charge on any atom is -0.488 e. The van der Waals surface area contributed by atoms with Crippen molar-refractivity contribution in [2.75, 3.05) is 40.3 Å². The summed E-state index contributed by atoms with van der Waals surface area (Å²) in [4.78, 5) is 79.1. The molecule has 1 heterocycles. The Bertz CT molecular complexity index is 2150. The van der Waals surface area contributed by atoms with Crippen LogP contribution in [0.4, 0.5) is 25.4 Å². The molecule has 4 amide bonds. The van der Waals surface area contributed by atoms with E-state index in [1.807, 2.05) is 41.5 Å². The topological polar surface area (TPSA) is 204 Å². The van der Waals surface area contributed by atoms with E-state index >= 15 is 0 Å². The molecule has 0 unspecified atom stereocenters. The number of hydrogen-bond acceptors (Lipinski definition) is 12. The lowest BCUT2D eigenvalue weighted by atomic mass is 10.0. The number of ether oxygens (including phenoxy) is 3. The fourth-order valence-electron chi connectivity index (χ4n) is 7.08. The zero-order valence-electron chi connectivity index (χ0n) is 45.1. The number of fused-ring (bicyclic) bond motifs is 1. The molecule has 0 N–H and O–H groups in total. The molecule has 20 heteroatoms. The first kappa shape index (κ1) is 60.7. The van der Waals surface area contributed by atoms with Gasteiger partial charge in [-0.3, -0.25) is 29.8 Å². The van der Waals surface area contributed by atoms with E-state index < -0.39 is 59.6 Å². The summed E-state index contributed by atoms with van der Waals surface area (Å²) in [6.45, 7) is 34.3. The Balaban J connectivity index is 0.000000492. The number of nitro benzene ring substituents is 2. The molecule has 1 aliphatic rings. The van der Waals surface area contributed by atoms with Gasteiger partial charge in [0.25, 0.3) is 11.4 Å².